The topological polar surface area (TPSA) is 37.4 Å². The predicted molar refractivity (Wildman–Crippen MR) is 90.4 cm³/mol. The summed E-state index contributed by atoms with van der Waals surface area (Å²) in [6.45, 7) is 3.90. The third-order valence-corrected chi connectivity index (χ3v) is 5.84. The predicted octanol–water partition coefficient (Wildman–Crippen LogP) is 4.62. The molecule has 1 aromatic carbocycles. The van der Waals surface area contributed by atoms with Crippen molar-refractivity contribution < 1.29 is 22.8 Å². The zero-order valence-electron chi connectivity index (χ0n) is 14.0. The Morgan fingerprint density at radius 3 is 2.04 bits per heavy atom. The number of allylic oxidation sites excluding steroid dienone is 4. The molecule has 3 nitrogen and oxygen atoms in total. The molecule has 1 aromatic rings. The van der Waals surface area contributed by atoms with Gasteiger partial charge in [-0.25, -0.2) is 4.90 Å². The van der Waals surface area contributed by atoms with E-state index < -0.39 is 40.4 Å². The van der Waals surface area contributed by atoms with Crippen molar-refractivity contribution in [2.75, 3.05) is 4.90 Å². The van der Waals surface area contributed by atoms with Crippen LogP contribution in [0.4, 0.5) is 18.9 Å². The Balaban J connectivity index is 1.76. The summed E-state index contributed by atoms with van der Waals surface area (Å²) in [4.78, 5) is 26.8. The molecule has 0 N–H and O–H groups in total. The monoisotopic (exact) mass is 381 g/mol. The van der Waals surface area contributed by atoms with Crippen LogP contribution in [0.3, 0.4) is 0 Å². The first-order valence-corrected chi connectivity index (χ1v) is 8.61. The highest BCUT2D eigenvalue weighted by molar-refractivity contribution is 6.31. The molecular weight excluding hydrogens is 367 g/mol. The summed E-state index contributed by atoms with van der Waals surface area (Å²) in [5.41, 5.74) is 1.04. The molecule has 4 rings (SSSR count). The Morgan fingerprint density at radius 2 is 1.58 bits per heavy atom. The maximum Gasteiger partial charge on any atom is 0.417 e. The number of fused-ring (bicyclic) bond motifs is 5. The Morgan fingerprint density at radius 1 is 1.04 bits per heavy atom. The van der Waals surface area contributed by atoms with E-state index in [1.165, 1.54) is 6.07 Å². The highest BCUT2D eigenvalue weighted by Gasteiger charge is 2.62. The summed E-state index contributed by atoms with van der Waals surface area (Å²) in [6.07, 6.45) is -0.789. The van der Waals surface area contributed by atoms with Crippen molar-refractivity contribution in [3.05, 3.63) is 52.1 Å². The fraction of sp³-hybridized carbons (Fsp3) is 0.368. The molecule has 7 heteroatoms. The summed E-state index contributed by atoms with van der Waals surface area (Å²) in [5, 5.41) is -0.464. The fourth-order valence-corrected chi connectivity index (χ4v) is 4.78. The van der Waals surface area contributed by atoms with Gasteiger partial charge in [-0.05, 0) is 32.0 Å². The molecule has 4 atom stereocenters. The van der Waals surface area contributed by atoms with Gasteiger partial charge in [-0.1, -0.05) is 34.9 Å². The van der Waals surface area contributed by atoms with Gasteiger partial charge in [-0.2, -0.15) is 13.2 Å². The van der Waals surface area contributed by atoms with Gasteiger partial charge >= 0.3 is 6.18 Å². The molecular formula is C19H15ClF3NO2. The summed E-state index contributed by atoms with van der Waals surface area (Å²) >= 11 is 5.64. The molecule has 0 aromatic heterocycles. The van der Waals surface area contributed by atoms with Gasteiger partial charge in [0.15, 0.2) is 0 Å². The van der Waals surface area contributed by atoms with E-state index in [4.69, 9.17) is 11.6 Å². The van der Waals surface area contributed by atoms with E-state index in [1.807, 2.05) is 26.0 Å². The number of alkyl halides is 3. The molecule has 1 saturated carbocycles. The van der Waals surface area contributed by atoms with Crippen molar-refractivity contribution in [3.63, 3.8) is 0 Å². The van der Waals surface area contributed by atoms with E-state index in [0.717, 1.165) is 28.2 Å². The number of rotatable bonds is 1. The maximum absolute atomic E-state index is 13.1. The first kappa shape index (κ1) is 17.3. The first-order chi connectivity index (χ1) is 12.1. The van der Waals surface area contributed by atoms with Crippen molar-refractivity contribution in [2.45, 2.75) is 20.0 Å². The van der Waals surface area contributed by atoms with Crippen LogP contribution >= 0.6 is 11.6 Å². The molecule has 2 fully saturated rings. The number of anilines is 1. The van der Waals surface area contributed by atoms with E-state index >= 15 is 0 Å². The van der Waals surface area contributed by atoms with Crippen LogP contribution < -0.4 is 4.90 Å². The van der Waals surface area contributed by atoms with Gasteiger partial charge in [-0.15, -0.1) is 0 Å². The number of hydrogen-bond acceptors (Lipinski definition) is 2. The van der Waals surface area contributed by atoms with Crippen molar-refractivity contribution in [3.8, 4) is 0 Å². The largest absolute Gasteiger partial charge is 0.417 e. The van der Waals surface area contributed by atoms with Gasteiger partial charge in [0.1, 0.15) is 0 Å². The number of carbonyl (C=O) groups is 2. The standard InChI is InChI=1S/C19H15ClF3NO2/c1-8(2)14-10-4-5-11(14)16-15(10)17(25)24(18(16)26)9-3-6-13(20)12(7-9)19(21,22)23/h3-7,10-11,15-16H,1-2H3/t10-,11+,15-,16-/m0/s1. The molecule has 136 valence electrons. The van der Waals surface area contributed by atoms with E-state index in [-0.39, 0.29) is 17.5 Å². The van der Waals surface area contributed by atoms with Crippen LogP contribution in [0.5, 0.6) is 0 Å². The minimum Gasteiger partial charge on any atom is -0.274 e. The van der Waals surface area contributed by atoms with E-state index in [9.17, 15) is 22.8 Å². The fourth-order valence-electron chi connectivity index (χ4n) is 4.55. The molecule has 3 aliphatic rings. The van der Waals surface area contributed by atoms with Crippen LogP contribution in [0.25, 0.3) is 0 Å². The number of nitrogens with zero attached hydrogens (tertiary/aromatic N) is 1. The van der Waals surface area contributed by atoms with Crippen LogP contribution in [0.2, 0.25) is 5.02 Å². The van der Waals surface area contributed by atoms with Gasteiger partial charge < -0.3 is 0 Å². The average Bonchev–Trinajstić information content (AvgIpc) is 3.17. The molecule has 0 unspecified atom stereocenters. The zero-order valence-corrected chi connectivity index (χ0v) is 14.7. The number of halogens is 4. The Bertz CT molecular complexity index is 865. The summed E-state index contributed by atoms with van der Waals surface area (Å²) in [6, 6.07) is 3.13. The van der Waals surface area contributed by atoms with Crippen LogP contribution in [0, 0.1) is 23.7 Å². The molecule has 26 heavy (non-hydrogen) atoms. The third-order valence-electron chi connectivity index (χ3n) is 5.51. The lowest BCUT2D eigenvalue weighted by Gasteiger charge is -2.20. The molecule has 1 heterocycles. The number of amides is 2. The molecule has 2 bridgehead atoms. The second-order valence-corrected chi connectivity index (χ2v) is 7.52. The second kappa shape index (κ2) is 5.46. The minimum atomic E-state index is -4.66. The molecule has 2 amide bonds. The first-order valence-electron chi connectivity index (χ1n) is 8.23. The number of imide groups is 1. The van der Waals surface area contributed by atoms with E-state index in [1.54, 1.807) is 0 Å². The molecule has 2 aliphatic carbocycles. The van der Waals surface area contributed by atoms with Crippen molar-refractivity contribution in [1.29, 1.82) is 0 Å². The summed E-state index contributed by atoms with van der Waals surface area (Å²) in [5.74, 6) is -2.24. The van der Waals surface area contributed by atoms with Crippen LogP contribution in [0.1, 0.15) is 19.4 Å². The summed E-state index contributed by atoms with van der Waals surface area (Å²) < 4.78 is 39.4. The summed E-state index contributed by atoms with van der Waals surface area (Å²) in [7, 11) is 0. The quantitative estimate of drug-likeness (QED) is 0.526. The van der Waals surface area contributed by atoms with Crippen molar-refractivity contribution in [2.24, 2.45) is 23.7 Å². The smallest absolute Gasteiger partial charge is 0.274 e. The van der Waals surface area contributed by atoms with Gasteiger partial charge in [-0.3, -0.25) is 9.59 Å². The van der Waals surface area contributed by atoms with Crippen LogP contribution in [-0.4, -0.2) is 11.8 Å². The van der Waals surface area contributed by atoms with Gasteiger partial charge in [0.2, 0.25) is 11.8 Å². The lowest BCUT2D eigenvalue weighted by Crippen LogP contribution is -2.33. The third kappa shape index (κ3) is 2.21. The van der Waals surface area contributed by atoms with Crippen LogP contribution in [-0.2, 0) is 15.8 Å². The Labute approximate surface area is 153 Å². The lowest BCUT2D eigenvalue weighted by molar-refractivity contribution is -0.137. The highest BCUT2D eigenvalue weighted by Crippen LogP contribution is 2.57. The Kier molecular flexibility index (Phi) is 3.64. The highest BCUT2D eigenvalue weighted by atomic mass is 35.5. The van der Waals surface area contributed by atoms with Crippen LogP contribution in [0.15, 0.2) is 41.5 Å². The molecule has 1 saturated heterocycles. The molecule has 0 radical (unpaired) electrons. The Hall–Kier alpha value is -2.08. The molecule has 0 spiro atoms. The van der Waals surface area contributed by atoms with E-state index in [0.29, 0.717) is 0 Å². The maximum atomic E-state index is 13.1. The van der Waals surface area contributed by atoms with E-state index in [2.05, 4.69) is 0 Å². The lowest BCUT2D eigenvalue weighted by atomic mass is 9.85. The number of carbonyl (C=O) groups excluding carboxylic acids is 2. The minimum absolute atomic E-state index is 0.0794. The van der Waals surface area contributed by atoms with Crippen molar-refractivity contribution in [1.82, 2.24) is 0 Å². The van der Waals surface area contributed by atoms with Gasteiger partial charge in [0, 0.05) is 11.8 Å². The average molecular weight is 382 g/mol. The van der Waals surface area contributed by atoms with Gasteiger partial charge in [0.05, 0.1) is 28.1 Å². The molecule has 1 aliphatic heterocycles. The SMILES string of the molecule is CC(C)=C1[C@H]2C=C[C@@H]1[C@@H]1C(=O)N(c3ccc(Cl)c(C(F)(F)F)c3)C(=O)[C@H]12. The van der Waals surface area contributed by atoms with Gasteiger partial charge in [0.25, 0.3) is 0 Å². The van der Waals surface area contributed by atoms with Crippen molar-refractivity contribution >= 4 is 29.1 Å². The second-order valence-electron chi connectivity index (χ2n) is 7.12. The zero-order chi connectivity index (χ0) is 19.0. The normalized spacial score (nSPS) is 29.8. The number of hydrogen-bond donors (Lipinski definition) is 0. The number of benzene rings is 1.